The van der Waals surface area contributed by atoms with E-state index in [2.05, 4.69) is 0 Å². The fraction of sp³-hybridized carbons (Fsp3) is 0.180. The van der Waals surface area contributed by atoms with Crippen molar-refractivity contribution in [2.75, 3.05) is 0 Å². The maximum atomic E-state index is 14.2. The van der Waals surface area contributed by atoms with Crippen LogP contribution in [0.2, 0.25) is 0 Å². The molecule has 29 heteroatoms. The predicted octanol–water partition coefficient (Wildman–Crippen LogP) is 13.3. The summed E-state index contributed by atoms with van der Waals surface area (Å²) in [6.45, 7) is 0.158. The maximum absolute atomic E-state index is 14.2. The monoisotopic (exact) mass is 1150 g/mol. The van der Waals surface area contributed by atoms with Gasteiger partial charge in [-0.25, -0.2) is 0 Å². The number of benzene rings is 6. The van der Waals surface area contributed by atoms with Crippen LogP contribution in [0.5, 0.6) is 0 Å². The summed E-state index contributed by atoms with van der Waals surface area (Å²) >= 11 is 0. The van der Waals surface area contributed by atoms with E-state index in [1.54, 1.807) is 29.0 Å². The zero-order valence-corrected chi connectivity index (χ0v) is 38.5. The van der Waals surface area contributed by atoms with Crippen molar-refractivity contribution in [2.24, 2.45) is 5.73 Å². The van der Waals surface area contributed by atoms with E-state index in [4.69, 9.17) is 5.73 Å². The van der Waals surface area contributed by atoms with Crippen LogP contribution in [0.25, 0.3) is 10.9 Å². The largest absolute Gasteiger partial charge is 0.416 e. The molecule has 2 N–H and O–H groups in total. The number of aromatic nitrogens is 1. The van der Waals surface area contributed by atoms with Gasteiger partial charge in [0.2, 0.25) is 17.8 Å². The average molecular weight is 1150 g/mol. The number of hydrogen-bond acceptors (Lipinski definition) is 2. The fourth-order valence-electron chi connectivity index (χ4n) is 8.52. The molecule has 0 atom stereocenters. The Hall–Kier alpha value is -7.75. The van der Waals surface area contributed by atoms with Crippen molar-refractivity contribution in [1.29, 1.82) is 0 Å². The number of ketones is 1. The Morgan fingerprint density at radius 2 is 0.620 bits per heavy atom. The summed E-state index contributed by atoms with van der Waals surface area (Å²) in [6, 6.07) is 9.61. The number of alkyl halides is 24. The molecule has 0 saturated carbocycles. The topological polar surface area (TPSA) is 64.0 Å². The van der Waals surface area contributed by atoms with Crippen molar-refractivity contribution in [1.82, 2.24) is 0 Å². The Kier molecular flexibility index (Phi) is 15.9. The lowest BCUT2D eigenvalue weighted by atomic mass is 9.12. The van der Waals surface area contributed by atoms with Crippen LogP contribution in [-0.2, 0) is 56.0 Å². The normalized spacial score (nSPS) is 13.3. The lowest BCUT2D eigenvalue weighted by Crippen LogP contribution is -2.75. The van der Waals surface area contributed by atoms with Gasteiger partial charge in [0.1, 0.15) is 11.7 Å². The molecular weight excluding hydrogens is 1130 g/mol. The summed E-state index contributed by atoms with van der Waals surface area (Å²) < 4.78 is 343. The summed E-state index contributed by atoms with van der Waals surface area (Å²) in [5.41, 5.74) is -22.9. The van der Waals surface area contributed by atoms with Gasteiger partial charge in [-0.05, 0) is 36.4 Å². The van der Waals surface area contributed by atoms with Crippen molar-refractivity contribution in [2.45, 2.75) is 56.0 Å². The molecule has 0 unspecified atom stereocenters. The molecular formula is C50H27BF24N2O2. The highest BCUT2D eigenvalue weighted by atomic mass is 19.4. The SMILES string of the molecule is FC(F)(F)c1cc([B-](c2cc(C(F)(F)F)cc(C(F)(F)F)c2)(c2cc(C(F)(F)F)cc(C(F)(F)F)c2)c2cc(C(F)(F)F)cc(C(F)(F)F)c2)cc(C(F)(F)F)c1.NC(=O)c1cc2ccccc2[n+](CC(=O)c2ccccc2)c1. The second-order valence-electron chi connectivity index (χ2n) is 17.3. The van der Waals surface area contributed by atoms with Crippen LogP contribution in [0.3, 0.4) is 0 Å². The number of pyridine rings is 1. The maximum Gasteiger partial charge on any atom is 0.416 e. The molecule has 0 bridgehead atoms. The van der Waals surface area contributed by atoms with Gasteiger partial charge in [-0.3, -0.25) is 9.59 Å². The quantitative estimate of drug-likeness (QED) is 0.0713. The standard InChI is InChI=1S/C32H12BF24.C18H14N2O2/c34-25(35,36)13-1-14(26(37,38)39)6-21(5-13)33(22-7-15(27(40,41)42)2-16(8-22)28(43,44)45,23-9-17(29(46,47)48)3-18(10-23)30(49,50)51)24-11-19(31(52,53)54)4-20(12-24)32(55,56)57;19-18(22)15-10-14-8-4-5-9-16(14)20(11-15)12-17(21)13-6-2-1-3-7-13/h1-12H;1-11H,12H2,(H-,19,22)/q-1;/p+1. The number of halogens is 24. The number of amides is 1. The molecule has 1 amide bonds. The number of nitrogens with zero attached hydrogens (tertiary/aromatic N) is 1. The summed E-state index contributed by atoms with van der Waals surface area (Å²) in [4.78, 5) is 23.9. The molecule has 4 nitrogen and oxygen atoms in total. The van der Waals surface area contributed by atoms with Crippen molar-refractivity contribution in [3.8, 4) is 0 Å². The number of primary amides is 1. The number of para-hydroxylation sites is 1. The molecule has 1 heterocycles. The summed E-state index contributed by atoms with van der Waals surface area (Å²) in [7, 11) is 0. The molecule has 0 aliphatic rings. The number of carbonyl (C=O) groups is 2. The molecule has 0 saturated heterocycles. The highest BCUT2D eigenvalue weighted by Crippen LogP contribution is 2.41. The molecule has 420 valence electrons. The zero-order valence-electron chi connectivity index (χ0n) is 38.5. The molecule has 79 heavy (non-hydrogen) atoms. The van der Waals surface area contributed by atoms with Gasteiger partial charge >= 0.3 is 49.4 Å². The Labute approximate surface area is 426 Å². The van der Waals surface area contributed by atoms with Crippen LogP contribution in [0.4, 0.5) is 105 Å². The van der Waals surface area contributed by atoms with E-state index in [0.717, 1.165) is 10.9 Å². The Morgan fingerprint density at radius 3 is 0.886 bits per heavy atom. The van der Waals surface area contributed by atoms with Crippen LogP contribution >= 0.6 is 0 Å². The summed E-state index contributed by atoms with van der Waals surface area (Å²) in [5, 5.41) is 0.875. The van der Waals surface area contributed by atoms with Gasteiger partial charge in [0, 0.05) is 17.0 Å². The summed E-state index contributed by atoms with van der Waals surface area (Å²) in [5.74, 6) is -0.524. The van der Waals surface area contributed by atoms with Gasteiger partial charge in [-0.2, -0.15) is 132 Å². The van der Waals surface area contributed by atoms with Crippen LogP contribution in [0.15, 0.2) is 140 Å². The average Bonchev–Trinajstić information content (AvgIpc) is 3.44. The first-order valence-corrected chi connectivity index (χ1v) is 21.6. The predicted molar refractivity (Wildman–Crippen MR) is 234 cm³/mol. The van der Waals surface area contributed by atoms with Crippen LogP contribution in [0.1, 0.15) is 65.2 Å². The Balaban J connectivity index is 0.000000378. The molecule has 0 fully saturated rings. The second-order valence-corrected chi connectivity index (χ2v) is 17.3. The lowest BCUT2D eigenvalue weighted by molar-refractivity contribution is -0.657. The first-order valence-electron chi connectivity index (χ1n) is 21.6. The van der Waals surface area contributed by atoms with Crippen LogP contribution in [0, 0.1) is 0 Å². The third-order valence-corrected chi connectivity index (χ3v) is 12.0. The number of Topliss-reactive ketones (excluding diaryl/α,β-unsaturated/α-hetero) is 1. The minimum Gasteiger partial charge on any atom is -0.365 e. The molecule has 0 spiro atoms. The van der Waals surface area contributed by atoms with Crippen LogP contribution < -0.4 is 32.2 Å². The molecule has 6 aromatic carbocycles. The van der Waals surface area contributed by atoms with E-state index in [9.17, 15) is 115 Å². The first-order chi connectivity index (χ1) is 35.9. The summed E-state index contributed by atoms with van der Waals surface area (Å²) in [6.07, 6.45) is -53.2. The minimum absolute atomic E-state index is 0.0163. The molecule has 0 aliphatic carbocycles. The van der Waals surface area contributed by atoms with E-state index in [0.29, 0.717) is 11.1 Å². The van der Waals surface area contributed by atoms with Crippen molar-refractivity contribution < 1.29 is 120 Å². The van der Waals surface area contributed by atoms with Gasteiger partial charge in [0.05, 0.1) is 44.5 Å². The van der Waals surface area contributed by atoms with Gasteiger partial charge in [0.25, 0.3) is 5.91 Å². The number of carbonyl (C=O) groups excluding carboxylic acids is 2. The first kappa shape index (κ1) is 60.5. The van der Waals surface area contributed by atoms with Crippen LogP contribution in [-0.4, -0.2) is 17.8 Å². The molecule has 7 aromatic rings. The zero-order chi connectivity index (χ0) is 59.4. The Bertz CT molecular complexity index is 2990. The van der Waals surface area contributed by atoms with E-state index in [1.807, 2.05) is 42.5 Å². The smallest absolute Gasteiger partial charge is 0.365 e. The highest BCUT2D eigenvalue weighted by Gasteiger charge is 2.47. The molecule has 7 rings (SSSR count). The molecule has 0 radical (unpaired) electrons. The highest BCUT2D eigenvalue weighted by molar-refractivity contribution is 7.20. The van der Waals surface area contributed by atoms with Gasteiger partial charge < -0.3 is 5.73 Å². The molecule has 1 aromatic heterocycles. The number of hydrogen-bond donors (Lipinski definition) is 1. The second kappa shape index (κ2) is 20.8. The van der Waals surface area contributed by atoms with Gasteiger partial charge in [0.15, 0.2) is 6.20 Å². The van der Waals surface area contributed by atoms with Crippen molar-refractivity contribution >= 4 is 50.6 Å². The van der Waals surface area contributed by atoms with Gasteiger partial charge in [-0.15, -0.1) is 0 Å². The third kappa shape index (κ3) is 13.6. The molecule has 0 aliphatic heterocycles. The van der Waals surface area contributed by atoms with Gasteiger partial charge in [-0.1, -0.05) is 91.0 Å². The van der Waals surface area contributed by atoms with E-state index in [-0.39, 0.29) is 12.3 Å². The van der Waals surface area contributed by atoms with Crippen molar-refractivity contribution in [3.63, 3.8) is 0 Å². The third-order valence-electron chi connectivity index (χ3n) is 12.0. The Morgan fingerprint density at radius 1 is 0.354 bits per heavy atom. The van der Waals surface area contributed by atoms with E-state index in [1.165, 1.54) is 0 Å². The lowest BCUT2D eigenvalue weighted by Gasteiger charge is -2.46. The van der Waals surface area contributed by atoms with E-state index < -0.39 is 201 Å². The van der Waals surface area contributed by atoms with Crippen molar-refractivity contribution in [3.05, 3.63) is 195 Å². The minimum atomic E-state index is -6.13. The number of nitrogens with two attached hydrogens (primary N) is 1. The fourth-order valence-corrected chi connectivity index (χ4v) is 8.52. The van der Waals surface area contributed by atoms with E-state index >= 15 is 0 Å². The number of fused-ring (bicyclic) bond motifs is 1. The number of rotatable bonds is 8.